The number of carboxylic acid groups (broad SMARTS) is 1. The van der Waals surface area contributed by atoms with Crippen LogP contribution in [0.4, 0.5) is 0 Å². The van der Waals surface area contributed by atoms with E-state index in [1.165, 1.54) is 12.5 Å². The van der Waals surface area contributed by atoms with Gasteiger partial charge < -0.3 is 99.2 Å². The number of aliphatic hydroxyl groups excluding tert-OH is 11. The van der Waals surface area contributed by atoms with Gasteiger partial charge in [0.2, 0.25) is 6.29 Å². The number of aliphatic carboxylic acids is 1. The largest absolute Gasteiger partial charge is 0.479 e. The molecule has 9 rings (SSSR count). The van der Waals surface area contributed by atoms with Crippen molar-refractivity contribution in [1.29, 1.82) is 0 Å². The van der Waals surface area contributed by atoms with Gasteiger partial charge in [-0.25, -0.2) is 4.79 Å². The first-order chi connectivity index (χ1) is 35.0. The predicted octanol–water partition coefficient (Wildman–Crippen LogP) is -0.276. The second-order valence-corrected chi connectivity index (χ2v) is 25.8. The standard InChI is InChI=1S/C53H84O22/c1-22-30(56)32(58)36(62)44(69-22)72-39-25(55)21-68-43(38(39)64)74-41-35(61)34(60)40(42(65)66)73-46(41)71-29-12-13-50(6)27(49(29,4)5)11-14-52(8)28(50)10-9-23-24-19-48(2,3)15-17-53(24,18-16-51(23,52)7)47(67)75-45-37(63)33(59)31(57)26(20-54)70-45/h9,22,24-41,43-46,54-64H,10-21H2,1-8H3,(H,65,66). The summed E-state index contributed by atoms with van der Waals surface area (Å²) in [5.74, 6) is -2.03. The Morgan fingerprint density at radius 2 is 1.29 bits per heavy atom. The molecule has 4 heterocycles. The highest BCUT2D eigenvalue weighted by molar-refractivity contribution is 5.79. The highest BCUT2D eigenvalue weighted by atomic mass is 16.8. The van der Waals surface area contributed by atoms with Crippen LogP contribution in [0, 0.1) is 50.2 Å². The fourth-order valence-corrected chi connectivity index (χ4v) is 16.2. The van der Waals surface area contributed by atoms with Crippen LogP contribution in [-0.4, -0.2) is 209 Å². The van der Waals surface area contributed by atoms with Crippen molar-refractivity contribution in [3.05, 3.63) is 11.6 Å². The summed E-state index contributed by atoms with van der Waals surface area (Å²) in [6.07, 6.45) is -22.5. The molecule has 8 fully saturated rings. The molecule has 428 valence electrons. The van der Waals surface area contributed by atoms with Crippen LogP contribution >= 0.6 is 0 Å². The maximum atomic E-state index is 14.7. The van der Waals surface area contributed by atoms with Crippen LogP contribution in [-0.2, 0) is 47.5 Å². The van der Waals surface area contributed by atoms with Crippen LogP contribution in [0.15, 0.2) is 11.6 Å². The Morgan fingerprint density at radius 3 is 1.97 bits per heavy atom. The van der Waals surface area contributed by atoms with Crippen molar-refractivity contribution in [3.63, 3.8) is 0 Å². The average molecular weight is 1070 g/mol. The summed E-state index contributed by atoms with van der Waals surface area (Å²) in [6, 6.07) is 0. The fourth-order valence-electron chi connectivity index (χ4n) is 16.2. The molecule has 9 aliphatic rings. The Hall–Kier alpha value is -2.04. The number of fused-ring (bicyclic) bond motifs is 7. The van der Waals surface area contributed by atoms with E-state index in [9.17, 15) is 70.9 Å². The summed E-state index contributed by atoms with van der Waals surface area (Å²) in [7, 11) is 0. The molecule has 0 aromatic carbocycles. The summed E-state index contributed by atoms with van der Waals surface area (Å²) in [5.41, 5.74) is -1.19. The third-order valence-corrected chi connectivity index (χ3v) is 21.0. The molecule has 27 unspecified atom stereocenters. The summed E-state index contributed by atoms with van der Waals surface area (Å²) >= 11 is 0. The molecular formula is C53H84O22. The van der Waals surface area contributed by atoms with Gasteiger partial charge in [0.05, 0.1) is 30.8 Å². The van der Waals surface area contributed by atoms with E-state index in [2.05, 4.69) is 54.5 Å². The van der Waals surface area contributed by atoms with Gasteiger partial charge in [-0.15, -0.1) is 0 Å². The van der Waals surface area contributed by atoms with Gasteiger partial charge in [-0.1, -0.05) is 60.1 Å². The second-order valence-electron chi connectivity index (χ2n) is 25.8. The molecule has 4 aliphatic heterocycles. The lowest BCUT2D eigenvalue weighted by Crippen LogP contribution is -2.67. The first-order valence-electron chi connectivity index (χ1n) is 27.1. The van der Waals surface area contributed by atoms with Gasteiger partial charge in [-0.3, -0.25) is 4.79 Å². The zero-order chi connectivity index (χ0) is 54.9. The van der Waals surface area contributed by atoms with Crippen LogP contribution in [0.1, 0.15) is 120 Å². The summed E-state index contributed by atoms with van der Waals surface area (Å²) in [5, 5.41) is 128. The Balaban J connectivity index is 0.944. The van der Waals surface area contributed by atoms with E-state index >= 15 is 0 Å². The number of rotatable bonds is 10. The van der Waals surface area contributed by atoms with Gasteiger partial charge in [0, 0.05) is 0 Å². The molecule has 22 heteroatoms. The van der Waals surface area contributed by atoms with Crippen LogP contribution < -0.4 is 0 Å². The number of carboxylic acids is 1. The number of carbonyl (C=O) groups is 2. The molecule has 0 bridgehead atoms. The smallest absolute Gasteiger partial charge is 0.335 e. The molecule has 5 aliphatic carbocycles. The molecule has 0 aromatic rings. The second kappa shape index (κ2) is 20.5. The highest BCUT2D eigenvalue weighted by Gasteiger charge is 2.70. The first kappa shape index (κ1) is 57.6. The molecule has 4 saturated heterocycles. The minimum absolute atomic E-state index is 0.0570. The number of esters is 1. The van der Waals surface area contributed by atoms with E-state index in [1.807, 2.05) is 0 Å². The van der Waals surface area contributed by atoms with E-state index in [0.717, 1.165) is 32.1 Å². The van der Waals surface area contributed by atoms with Gasteiger partial charge in [-0.05, 0) is 116 Å². The molecule has 12 N–H and O–H groups in total. The van der Waals surface area contributed by atoms with Crippen molar-refractivity contribution < 1.29 is 109 Å². The number of allylic oxidation sites excluding steroid dienone is 2. The number of ether oxygens (including phenoxy) is 8. The topological polar surface area (TPSA) is 351 Å². The van der Waals surface area contributed by atoms with Crippen molar-refractivity contribution in [1.82, 2.24) is 0 Å². The van der Waals surface area contributed by atoms with E-state index < -0.39 is 159 Å². The minimum atomic E-state index is -2.01. The maximum Gasteiger partial charge on any atom is 0.335 e. The van der Waals surface area contributed by atoms with Crippen LogP contribution in [0.5, 0.6) is 0 Å². The van der Waals surface area contributed by atoms with Crippen molar-refractivity contribution >= 4 is 11.9 Å². The molecule has 0 radical (unpaired) electrons. The summed E-state index contributed by atoms with van der Waals surface area (Å²) in [4.78, 5) is 27.2. The lowest BCUT2D eigenvalue weighted by Gasteiger charge is -2.71. The van der Waals surface area contributed by atoms with E-state index in [4.69, 9.17) is 37.9 Å². The Labute approximate surface area is 437 Å². The van der Waals surface area contributed by atoms with E-state index in [-0.39, 0.29) is 39.4 Å². The van der Waals surface area contributed by atoms with Crippen molar-refractivity contribution in [2.24, 2.45) is 50.2 Å². The zero-order valence-electron chi connectivity index (χ0n) is 44.3. The zero-order valence-corrected chi connectivity index (χ0v) is 44.3. The Kier molecular flexibility index (Phi) is 15.8. The number of hydrogen-bond donors (Lipinski definition) is 12. The van der Waals surface area contributed by atoms with E-state index in [1.54, 1.807) is 0 Å². The van der Waals surface area contributed by atoms with Gasteiger partial charge in [0.1, 0.15) is 79.4 Å². The van der Waals surface area contributed by atoms with Crippen molar-refractivity contribution in [2.75, 3.05) is 13.2 Å². The normalized spacial score (nSPS) is 53.5. The first-order valence-corrected chi connectivity index (χ1v) is 27.1. The molecule has 0 spiro atoms. The molecular weight excluding hydrogens is 989 g/mol. The van der Waals surface area contributed by atoms with Crippen LogP contribution in [0.3, 0.4) is 0 Å². The van der Waals surface area contributed by atoms with Gasteiger partial charge >= 0.3 is 11.9 Å². The minimum Gasteiger partial charge on any atom is -0.479 e. The van der Waals surface area contributed by atoms with Crippen molar-refractivity contribution in [2.45, 2.75) is 242 Å². The third-order valence-electron chi connectivity index (χ3n) is 21.0. The average Bonchev–Trinajstić information content (AvgIpc) is 3.35. The SMILES string of the molecule is CC1OC(OC2C(O)COC(OC3C(OC4CCC5(C)C(CCC6(C)C5CC=C5C7CC(C)(C)CCC7(C(=O)OC7OC(CO)C(O)C(O)C7O)CCC56C)C4(C)C)OC(C(=O)O)C(O)C3O)C2O)C(O)C(O)C1O. The Bertz CT molecular complexity index is 2120. The predicted molar refractivity (Wildman–Crippen MR) is 256 cm³/mol. The quantitative estimate of drug-likeness (QED) is 0.0761. The van der Waals surface area contributed by atoms with Crippen LogP contribution in [0.25, 0.3) is 0 Å². The molecule has 27 atom stereocenters. The number of aliphatic hydroxyl groups is 11. The fraction of sp³-hybridized carbons (Fsp3) is 0.925. The lowest BCUT2D eigenvalue weighted by molar-refractivity contribution is -0.378. The van der Waals surface area contributed by atoms with Gasteiger partial charge in [0.15, 0.2) is 25.0 Å². The molecule has 0 aromatic heterocycles. The van der Waals surface area contributed by atoms with Gasteiger partial charge in [-0.2, -0.15) is 0 Å². The Morgan fingerprint density at radius 1 is 0.640 bits per heavy atom. The molecule has 75 heavy (non-hydrogen) atoms. The lowest BCUT2D eigenvalue weighted by atomic mass is 9.33. The summed E-state index contributed by atoms with van der Waals surface area (Å²) < 4.78 is 47.5. The molecule has 0 amide bonds. The number of carbonyl (C=O) groups excluding carboxylic acids is 1. The molecule has 22 nitrogen and oxygen atoms in total. The van der Waals surface area contributed by atoms with Gasteiger partial charge in [0.25, 0.3) is 0 Å². The van der Waals surface area contributed by atoms with E-state index in [0.29, 0.717) is 32.1 Å². The molecule has 4 saturated carbocycles. The third kappa shape index (κ3) is 9.36. The maximum absolute atomic E-state index is 14.7. The monoisotopic (exact) mass is 1070 g/mol. The summed E-state index contributed by atoms with van der Waals surface area (Å²) in [6.45, 7) is 16.1. The van der Waals surface area contributed by atoms with Crippen molar-refractivity contribution in [3.8, 4) is 0 Å². The number of hydrogen-bond acceptors (Lipinski definition) is 21. The van der Waals surface area contributed by atoms with Crippen LogP contribution in [0.2, 0.25) is 0 Å². The highest BCUT2D eigenvalue weighted by Crippen LogP contribution is 2.76.